The van der Waals surface area contributed by atoms with Gasteiger partial charge in [0.1, 0.15) is 0 Å². The molecule has 1 aliphatic heterocycles. The van der Waals surface area contributed by atoms with Gasteiger partial charge in [0.25, 0.3) is 0 Å². The summed E-state index contributed by atoms with van der Waals surface area (Å²) in [6, 6.07) is 5.83. The highest BCUT2D eigenvalue weighted by molar-refractivity contribution is 7.89. The first kappa shape index (κ1) is 22.5. The van der Waals surface area contributed by atoms with Crippen LogP contribution in [0.15, 0.2) is 29.2 Å². The molecule has 1 heterocycles. The zero-order valence-electron chi connectivity index (χ0n) is 14.3. The van der Waals surface area contributed by atoms with Gasteiger partial charge in [-0.2, -0.15) is 0 Å². The van der Waals surface area contributed by atoms with Crippen LogP contribution in [-0.2, 0) is 29.1 Å². The van der Waals surface area contributed by atoms with Crippen LogP contribution in [0.1, 0.15) is 12.8 Å². The summed E-state index contributed by atoms with van der Waals surface area (Å²) in [6.07, 6.45) is 2.23. The van der Waals surface area contributed by atoms with Gasteiger partial charge >= 0.3 is 11.9 Å². The van der Waals surface area contributed by atoms with Crippen molar-refractivity contribution in [1.29, 1.82) is 0 Å². The molecule has 1 aliphatic rings. The molecule has 1 atom stereocenters. The molecule has 0 radical (unpaired) electrons. The van der Waals surface area contributed by atoms with Gasteiger partial charge in [-0.25, -0.2) is 23.1 Å². The molecule has 1 aromatic rings. The second kappa shape index (κ2) is 10.6. The maximum Gasteiger partial charge on any atom is 0.414 e. The van der Waals surface area contributed by atoms with Gasteiger partial charge in [-0.3, -0.25) is 4.79 Å². The Morgan fingerprint density at radius 1 is 1.22 bits per heavy atom. The summed E-state index contributed by atoms with van der Waals surface area (Å²) in [4.78, 5) is 29.9. The van der Waals surface area contributed by atoms with Gasteiger partial charge in [-0.1, -0.05) is 6.07 Å². The molecule has 2 rings (SSSR count). The third kappa shape index (κ3) is 9.10. The molecule has 27 heavy (non-hydrogen) atoms. The van der Waals surface area contributed by atoms with Gasteiger partial charge in [-0.05, 0) is 31.0 Å². The van der Waals surface area contributed by atoms with Crippen molar-refractivity contribution >= 4 is 33.6 Å². The second-order valence-corrected chi connectivity index (χ2v) is 7.06. The summed E-state index contributed by atoms with van der Waals surface area (Å²) in [6.45, 7) is 1.54. The monoisotopic (exact) mass is 403 g/mol. The fourth-order valence-electron chi connectivity index (χ4n) is 2.11. The number of carboxylic acids is 2. The molecule has 6 N–H and O–H groups in total. The average molecular weight is 403 g/mol. The zero-order chi connectivity index (χ0) is 20.4. The van der Waals surface area contributed by atoms with E-state index >= 15 is 0 Å². The Morgan fingerprint density at radius 3 is 2.41 bits per heavy atom. The summed E-state index contributed by atoms with van der Waals surface area (Å²) in [5, 5.41) is 25.5. The first-order valence-electron chi connectivity index (χ1n) is 7.81. The highest BCUT2D eigenvalue weighted by Crippen LogP contribution is 2.14. The average Bonchev–Trinajstić information content (AvgIpc) is 3.08. The predicted molar refractivity (Wildman–Crippen MR) is 93.6 cm³/mol. The number of nitrogens with one attached hydrogen (secondary N) is 2. The summed E-state index contributed by atoms with van der Waals surface area (Å²) in [5.41, 5.74) is 0.394. The fraction of sp³-hybridized carbons (Fsp3) is 0.400. The number of hydrogen-bond acceptors (Lipinski definition) is 7. The number of ether oxygens (including phenoxy) is 1. The number of amides is 1. The lowest BCUT2D eigenvalue weighted by Crippen LogP contribution is -2.33. The van der Waals surface area contributed by atoms with E-state index in [9.17, 15) is 13.2 Å². The van der Waals surface area contributed by atoms with Crippen LogP contribution in [0.25, 0.3) is 0 Å². The van der Waals surface area contributed by atoms with Crippen molar-refractivity contribution in [2.45, 2.75) is 23.8 Å². The Kier molecular flexibility index (Phi) is 8.81. The van der Waals surface area contributed by atoms with Gasteiger partial charge in [0.2, 0.25) is 15.9 Å². The lowest BCUT2D eigenvalue weighted by Gasteiger charge is -2.11. The maximum atomic E-state index is 11.8. The van der Waals surface area contributed by atoms with E-state index in [4.69, 9.17) is 29.7 Å². The maximum absolute atomic E-state index is 11.8. The first-order chi connectivity index (χ1) is 12.6. The van der Waals surface area contributed by atoms with Gasteiger partial charge < -0.3 is 25.6 Å². The summed E-state index contributed by atoms with van der Waals surface area (Å²) in [7, 11) is -3.77. The van der Waals surface area contributed by atoms with Crippen molar-refractivity contribution in [3.8, 4) is 0 Å². The van der Waals surface area contributed by atoms with Crippen LogP contribution < -0.4 is 15.8 Å². The van der Waals surface area contributed by atoms with Gasteiger partial charge in [0, 0.05) is 18.8 Å². The van der Waals surface area contributed by atoms with Crippen molar-refractivity contribution in [3.63, 3.8) is 0 Å². The molecule has 150 valence electrons. The molecule has 0 aliphatic carbocycles. The number of nitrogens with two attached hydrogens (primary N) is 1. The van der Waals surface area contributed by atoms with Gasteiger partial charge in [-0.15, -0.1) is 0 Å². The fourth-order valence-corrected chi connectivity index (χ4v) is 2.67. The smallest absolute Gasteiger partial charge is 0.414 e. The molecule has 1 amide bonds. The van der Waals surface area contributed by atoms with Crippen LogP contribution in [0, 0.1) is 0 Å². The molecule has 0 spiro atoms. The van der Waals surface area contributed by atoms with E-state index in [1.54, 1.807) is 6.07 Å². The SMILES string of the molecule is NS(=O)(=O)c1cccc(NC(=O)CNCC2CCCO2)c1.O=C(O)C(=O)O. The van der Waals surface area contributed by atoms with Crippen molar-refractivity contribution in [1.82, 2.24) is 5.32 Å². The molecule has 1 unspecified atom stereocenters. The number of benzene rings is 1. The van der Waals surface area contributed by atoms with Crippen LogP contribution in [0.2, 0.25) is 0 Å². The van der Waals surface area contributed by atoms with E-state index in [0.29, 0.717) is 12.2 Å². The number of aliphatic carboxylic acids is 2. The van der Waals surface area contributed by atoms with E-state index in [2.05, 4.69) is 10.6 Å². The number of carbonyl (C=O) groups excluding carboxylic acids is 1. The van der Waals surface area contributed by atoms with Gasteiger partial charge in [0.15, 0.2) is 0 Å². The Morgan fingerprint density at radius 2 is 1.89 bits per heavy atom. The third-order valence-corrected chi connectivity index (χ3v) is 4.22. The minimum Gasteiger partial charge on any atom is -0.473 e. The Hall–Kier alpha value is -2.54. The minimum atomic E-state index is -3.77. The van der Waals surface area contributed by atoms with E-state index < -0.39 is 22.0 Å². The summed E-state index contributed by atoms with van der Waals surface area (Å²) >= 11 is 0. The number of carboxylic acid groups (broad SMARTS) is 2. The van der Waals surface area contributed by atoms with Crippen LogP contribution in [0.4, 0.5) is 5.69 Å². The predicted octanol–water partition coefficient (Wildman–Crippen LogP) is -0.803. The van der Waals surface area contributed by atoms with Crippen molar-refractivity contribution in [2.24, 2.45) is 5.14 Å². The molecule has 12 heteroatoms. The number of carbonyl (C=O) groups is 3. The normalized spacial score (nSPS) is 16.1. The number of rotatable bonds is 6. The Balaban J connectivity index is 0.000000527. The van der Waals surface area contributed by atoms with Crippen LogP contribution in [0.3, 0.4) is 0 Å². The molecule has 11 nitrogen and oxygen atoms in total. The number of anilines is 1. The lowest BCUT2D eigenvalue weighted by molar-refractivity contribution is -0.159. The van der Waals surface area contributed by atoms with Crippen LogP contribution in [-0.4, -0.2) is 62.3 Å². The van der Waals surface area contributed by atoms with E-state index in [1.807, 2.05) is 0 Å². The molecule has 1 saturated heterocycles. The molecular weight excluding hydrogens is 382 g/mol. The molecule has 0 saturated carbocycles. The molecule has 0 bridgehead atoms. The third-order valence-electron chi connectivity index (χ3n) is 3.31. The van der Waals surface area contributed by atoms with Crippen molar-refractivity contribution in [3.05, 3.63) is 24.3 Å². The summed E-state index contributed by atoms with van der Waals surface area (Å²) < 4.78 is 27.9. The second-order valence-electron chi connectivity index (χ2n) is 5.50. The quantitative estimate of drug-likeness (QED) is 0.379. The summed E-state index contributed by atoms with van der Waals surface area (Å²) in [5.74, 6) is -3.90. The Bertz CT molecular complexity index is 763. The topological polar surface area (TPSA) is 185 Å². The number of sulfonamides is 1. The molecular formula is C15H21N3O8S. The lowest BCUT2D eigenvalue weighted by atomic mass is 10.2. The minimum absolute atomic E-state index is 0.0346. The van der Waals surface area contributed by atoms with Crippen LogP contribution >= 0.6 is 0 Å². The van der Waals surface area contributed by atoms with E-state index in [1.165, 1.54) is 18.2 Å². The van der Waals surface area contributed by atoms with Crippen LogP contribution in [0.5, 0.6) is 0 Å². The van der Waals surface area contributed by atoms with Crippen molar-refractivity contribution in [2.75, 3.05) is 25.0 Å². The number of primary sulfonamides is 1. The Labute approximate surface area is 155 Å². The standard InChI is InChI=1S/C13H19N3O4S.C2H2O4/c14-21(18,19)12-5-1-3-10(7-12)16-13(17)9-15-8-11-4-2-6-20-11;3-1(4)2(5)6/h1,3,5,7,11,15H,2,4,6,8-9H2,(H,16,17)(H2,14,18,19);(H,3,4)(H,5,6). The van der Waals surface area contributed by atoms with E-state index in [-0.39, 0.29) is 23.5 Å². The molecule has 1 fully saturated rings. The number of hydrogen-bond donors (Lipinski definition) is 5. The van der Waals surface area contributed by atoms with Crippen molar-refractivity contribution < 1.29 is 37.8 Å². The first-order valence-corrected chi connectivity index (χ1v) is 9.35. The largest absolute Gasteiger partial charge is 0.473 e. The highest BCUT2D eigenvalue weighted by atomic mass is 32.2. The molecule has 1 aromatic carbocycles. The van der Waals surface area contributed by atoms with E-state index in [0.717, 1.165) is 19.4 Å². The zero-order valence-corrected chi connectivity index (χ0v) is 15.1. The highest BCUT2D eigenvalue weighted by Gasteiger charge is 2.15. The molecule has 0 aromatic heterocycles. The van der Waals surface area contributed by atoms with Gasteiger partial charge in [0.05, 0.1) is 17.5 Å².